The van der Waals surface area contributed by atoms with E-state index in [0.717, 1.165) is 17.8 Å². The Labute approximate surface area is 87.6 Å². The average molecular weight is 205 g/mol. The van der Waals surface area contributed by atoms with Crippen molar-refractivity contribution in [2.24, 2.45) is 0 Å². The van der Waals surface area contributed by atoms with Crippen LogP contribution in [0.1, 0.15) is 11.4 Å². The Morgan fingerprint density at radius 2 is 1.86 bits per heavy atom. The van der Waals surface area contributed by atoms with Crippen LogP contribution >= 0.6 is 11.6 Å². The Morgan fingerprint density at radius 1 is 1.00 bits per heavy atom. The van der Waals surface area contributed by atoms with Gasteiger partial charge in [-0.1, -0.05) is 23.7 Å². The van der Waals surface area contributed by atoms with Gasteiger partial charge < -0.3 is 0 Å². The minimum atomic E-state index is 0.526. The maximum Gasteiger partial charge on any atom is 0.129 e. The molecule has 70 valence electrons. The first kappa shape index (κ1) is 9.16. The average Bonchev–Trinajstić information content (AvgIpc) is 2.19. The summed E-state index contributed by atoms with van der Waals surface area (Å²) >= 11 is 5.78. The van der Waals surface area contributed by atoms with Crippen LogP contribution in [0.2, 0.25) is 5.15 Å². The predicted molar refractivity (Wildman–Crippen MR) is 56.3 cm³/mol. The molecule has 2 rings (SSSR count). The molecule has 0 saturated heterocycles. The summed E-state index contributed by atoms with van der Waals surface area (Å²) in [7, 11) is 0. The first-order valence-corrected chi connectivity index (χ1v) is 4.74. The standard InChI is InChI=1S/C11H9ClN2/c12-11-6-3-5-10(14-11)8-9-4-1-2-7-13-9/h1-7H,8H2. The summed E-state index contributed by atoms with van der Waals surface area (Å²) in [6.07, 6.45) is 2.50. The Hall–Kier alpha value is -1.41. The lowest BCUT2D eigenvalue weighted by Crippen LogP contribution is -1.93. The van der Waals surface area contributed by atoms with Gasteiger partial charge in [0, 0.05) is 24.0 Å². The molecule has 0 aliphatic rings. The second-order valence-corrected chi connectivity index (χ2v) is 3.34. The third-order valence-electron chi connectivity index (χ3n) is 1.86. The summed E-state index contributed by atoms with van der Waals surface area (Å²) in [5.41, 5.74) is 1.94. The lowest BCUT2D eigenvalue weighted by atomic mass is 10.2. The fourth-order valence-corrected chi connectivity index (χ4v) is 1.42. The van der Waals surface area contributed by atoms with Gasteiger partial charge >= 0.3 is 0 Å². The number of rotatable bonds is 2. The lowest BCUT2D eigenvalue weighted by molar-refractivity contribution is 1.01. The Bertz CT molecular complexity index is 415. The normalized spacial score (nSPS) is 10.1. The predicted octanol–water partition coefficient (Wildman–Crippen LogP) is 2.72. The lowest BCUT2D eigenvalue weighted by Gasteiger charge is -1.99. The number of pyridine rings is 2. The van der Waals surface area contributed by atoms with Crippen molar-refractivity contribution >= 4 is 11.6 Å². The van der Waals surface area contributed by atoms with Crippen molar-refractivity contribution in [1.29, 1.82) is 0 Å². The van der Waals surface area contributed by atoms with Crippen LogP contribution in [0.5, 0.6) is 0 Å². The number of hydrogen-bond acceptors (Lipinski definition) is 2. The quantitative estimate of drug-likeness (QED) is 0.703. The van der Waals surface area contributed by atoms with Gasteiger partial charge in [0.2, 0.25) is 0 Å². The molecule has 2 aromatic heterocycles. The number of nitrogens with zero attached hydrogens (tertiary/aromatic N) is 2. The SMILES string of the molecule is Clc1cccc(Cc2ccccn2)n1. The maximum absolute atomic E-state index is 5.78. The van der Waals surface area contributed by atoms with Crippen molar-refractivity contribution in [3.05, 3.63) is 59.1 Å². The Morgan fingerprint density at radius 3 is 2.57 bits per heavy atom. The van der Waals surface area contributed by atoms with Crippen molar-refractivity contribution in [3.63, 3.8) is 0 Å². The number of aromatic nitrogens is 2. The molecule has 0 bridgehead atoms. The summed E-state index contributed by atoms with van der Waals surface area (Å²) in [4.78, 5) is 8.41. The van der Waals surface area contributed by atoms with E-state index < -0.39 is 0 Å². The van der Waals surface area contributed by atoms with Crippen LogP contribution < -0.4 is 0 Å². The van der Waals surface area contributed by atoms with Gasteiger partial charge in [-0.3, -0.25) is 4.98 Å². The summed E-state index contributed by atoms with van der Waals surface area (Å²) in [5, 5.41) is 0.526. The van der Waals surface area contributed by atoms with Crippen molar-refractivity contribution in [3.8, 4) is 0 Å². The van der Waals surface area contributed by atoms with Crippen molar-refractivity contribution in [2.75, 3.05) is 0 Å². The molecule has 0 aromatic carbocycles. The molecule has 0 fully saturated rings. The molecule has 14 heavy (non-hydrogen) atoms. The second-order valence-electron chi connectivity index (χ2n) is 2.95. The molecule has 0 amide bonds. The van der Waals surface area contributed by atoms with Gasteiger partial charge in [0.1, 0.15) is 5.15 Å². The second kappa shape index (κ2) is 4.20. The molecule has 0 unspecified atom stereocenters. The Balaban J connectivity index is 2.19. The van der Waals surface area contributed by atoms with Gasteiger partial charge in [-0.15, -0.1) is 0 Å². The number of halogens is 1. The van der Waals surface area contributed by atoms with E-state index in [4.69, 9.17) is 11.6 Å². The van der Waals surface area contributed by atoms with Gasteiger partial charge in [-0.05, 0) is 24.3 Å². The zero-order valence-corrected chi connectivity index (χ0v) is 8.28. The molecule has 0 atom stereocenters. The fraction of sp³-hybridized carbons (Fsp3) is 0.0909. The monoisotopic (exact) mass is 204 g/mol. The van der Waals surface area contributed by atoms with Crippen LogP contribution in [0.4, 0.5) is 0 Å². The minimum absolute atomic E-state index is 0.526. The topological polar surface area (TPSA) is 25.8 Å². The van der Waals surface area contributed by atoms with E-state index in [1.807, 2.05) is 30.3 Å². The first-order valence-electron chi connectivity index (χ1n) is 4.36. The molecule has 0 aliphatic carbocycles. The molecule has 0 saturated carbocycles. The van der Waals surface area contributed by atoms with Crippen LogP contribution in [0, 0.1) is 0 Å². The van der Waals surface area contributed by atoms with Crippen LogP contribution in [0.25, 0.3) is 0 Å². The van der Waals surface area contributed by atoms with E-state index in [1.54, 1.807) is 12.3 Å². The highest BCUT2D eigenvalue weighted by molar-refractivity contribution is 6.29. The van der Waals surface area contributed by atoms with Crippen LogP contribution in [0.15, 0.2) is 42.6 Å². The van der Waals surface area contributed by atoms with Crippen LogP contribution in [-0.4, -0.2) is 9.97 Å². The Kier molecular flexibility index (Phi) is 2.75. The van der Waals surface area contributed by atoms with Crippen molar-refractivity contribution in [2.45, 2.75) is 6.42 Å². The molecular weight excluding hydrogens is 196 g/mol. The zero-order chi connectivity index (χ0) is 9.80. The number of hydrogen-bond donors (Lipinski definition) is 0. The summed E-state index contributed by atoms with van der Waals surface area (Å²) < 4.78 is 0. The third-order valence-corrected chi connectivity index (χ3v) is 2.07. The van der Waals surface area contributed by atoms with Gasteiger partial charge in [-0.2, -0.15) is 0 Å². The highest BCUT2D eigenvalue weighted by atomic mass is 35.5. The molecule has 2 aromatic rings. The minimum Gasteiger partial charge on any atom is -0.261 e. The van der Waals surface area contributed by atoms with Gasteiger partial charge in [0.15, 0.2) is 0 Å². The molecule has 0 radical (unpaired) electrons. The third kappa shape index (κ3) is 2.30. The molecule has 3 heteroatoms. The molecule has 0 spiro atoms. The molecule has 2 nitrogen and oxygen atoms in total. The van der Waals surface area contributed by atoms with E-state index in [-0.39, 0.29) is 0 Å². The molecular formula is C11H9ClN2. The van der Waals surface area contributed by atoms with Crippen LogP contribution in [-0.2, 0) is 6.42 Å². The summed E-state index contributed by atoms with van der Waals surface area (Å²) in [6, 6.07) is 11.4. The van der Waals surface area contributed by atoms with E-state index in [9.17, 15) is 0 Å². The van der Waals surface area contributed by atoms with Crippen molar-refractivity contribution < 1.29 is 0 Å². The molecule has 0 aliphatic heterocycles. The summed E-state index contributed by atoms with van der Waals surface area (Å²) in [6.45, 7) is 0. The largest absolute Gasteiger partial charge is 0.261 e. The van der Waals surface area contributed by atoms with Gasteiger partial charge in [0.25, 0.3) is 0 Å². The fourth-order valence-electron chi connectivity index (χ4n) is 1.24. The summed E-state index contributed by atoms with van der Waals surface area (Å²) in [5.74, 6) is 0. The first-order chi connectivity index (χ1) is 6.84. The molecule has 0 N–H and O–H groups in total. The smallest absolute Gasteiger partial charge is 0.129 e. The van der Waals surface area contributed by atoms with Gasteiger partial charge in [-0.25, -0.2) is 4.98 Å². The van der Waals surface area contributed by atoms with E-state index in [0.29, 0.717) is 5.15 Å². The van der Waals surface area contributed by atoms with E-state index in [1.165, 1.54) is 0 Å². The highest BCUT2D eigenvalue weighted by Gasteiger charge is 1.98. The van der Waals surface area contributed by atoms with E-state index in [2.05, 4.69) is 9.97 Å². The maximum atomic E-state index is 5.78. The van der Waals surface area contributed by atoms with Crippen molar-refractivity contribution in [1.82, 2.24) is 9.97 Å². The zero-order valence-electron chi connectivity index (χ0n) is 7.52. The van der Waals surface area contributed by atoms with Gasteiger partial charge in [0.05, 0.1) is 0 Å². The van der Waals surface area contributed by atoms with Crippen LogP contribution in [0.3, 0.4) is 0 Å². The van der Waals surface area contributed by atoms with E-state index >= 15 is 0 Å². The molecule has 2 heterocycles. The highest BCUT2D eigenvalue weighted by Crippen LogP contribution is 2.08.